The zero-order valence-electron chi connectivity index (χ0n) is 14.2. The summed E-state index contributed by atoms with van der Waals surface area (Å²) in [5.74, 6) is -1.45. The number of likely N-dealkylation sites (tertiary alicyclic amines) is 1. The molecule has 1 N–H and O–H groups in total. The van der Waals surface area contributed by atoms with Gasteiger partial charge in [0.2, 0.25) is 0 Å². The van der Waals surface area contributed by atoms with Crippen molar-refractivity contribution in [1.82, 2.24) is 19.7 Å². The Balaban J connectivity index is 2.00. The van der Waals surface area contributed by atoms with E-state index in [1.54, 1.807) is 0 Å². The van der Waals surface area contributed by atoms with Crippen LogP contribution in [0.2, 0.25) is 0 Å². The van der Waals surface area contributed by atoms with Crippen molar-refractivity contribution in [3.63, 3.8) is 0 Å². The maximum absolute atomic E-state index is 14.5. The number of benzene rings is 1. The highest BCUT2D eigenvalue weighted by Gasteiger charge is 2.42. The van der Waals surface area contributed by atoms with Crippen LogP contribution in [0.4, 0.5) is 8.78 Å². The quantitative estimate of drug-likeness (QED) is 0.844. The summed E-state index contributed by atoms with van der Waals surface area (Å²) in [4.78, 5) is 5.95. The zero-order chi connectivity index (χ0) is 18.0. The first-order valence-corrected chi connectivity index (χ1v) is 8.31. The van der Waals surface area contributed by atoms with Crippen LogP contribution in [0.1, 0.15) is 25.3 Å². The fourth-order valence-corrected chi connectivity index (χ4v) is 3.45. The number of hydrogen-bond donors (Lipinski definition) is 1. The minimum absolute atomic E-state index is 0.0136. The standard InChI is InChI=1S/C18H22F2N4O/c1-13-4-3-7-23(9-13)14(2)18(25,10-24-12-21-11-22-24)16-6-5-15(19)8-17(16)20/h5-6,8,11-12,14,25H,1,3-4,7,9-10H2,2H3/t14-,18-/m1/s1. The molecule has 0 aliphatic carbocycles. The lowest BCUT2D eigenvalue weighted by Gasteiger charge is -2.43. The van der Waals surface area contributed by atoms with Gasteiger partial charge in [0, 0.05) is 24.2 Å². The average Bonchev–Trinajstić information content (AvgIpc) is 3.06. The van der Waals surface area contributed by atoms with Gasteiger partial charge in [0.25, 0.3) is 0 Å². The number of nitrogens with zero attached hydrogens (tertiary/aromatic N) is 4. The van der Waals surface area contributed by atoms with Gasteiger partial charge in [-0.05, 0) is 32.4 Å². The van der Waals surface area contributed by atoms with Crippen LogP contribution in [0, 0.1) is 11.6 Å². The number of aliphatic hydroxyl groups is 1. The molecule has 0 amide bonds. The molecule has 1 aliphatic heterocycles. The van der Waals surface area contributed by atoms with E-state index in [0.29, 0.717) is 6.54 Å². The summed E-state index contributed by atoms with van der Waals surface area (Å²) >= 11 is 0. The maximum Gasteiger partial charge on any atom is 0.137 e. The van der Waals surface area contributed by atoms with Gasteiger partial charge in [0.1, 0.15) is 29.9 Å². The van der Waals surface area contributed by atoms with Gasteiger partial charge in [-0.2, -0.15) is 5.10 Å². The topological polar surface area (TPSA) is 54.2 Å². The molecule has 1 aliphatic rings. The molecule has 2 heterocycles. The third-order valence-electron chi connectivity index (χ3n) is 4.91. The van der Waals surface area contributed by atoms with Gasteiger partial charge in [-0.15, -0.1) is 0 Å². The van der Waals surface area contributed by atoms with Crippen LogP contribution in [-0.4, -0.2) is 43.9 Å². The Morgan fingerprint density at radius 3 is 2.84 bits per heavy atom. The van der Waals surface area contributed by atoms with Crippen molar-refractivity contribution >= 4 is 0 Å². The van der Waals surface area contributed by atoms with Gasteiger partial charge in [-0.3, -0.25) is 4.90 Å². The lowest BCUT2D eigenvalue weighted by molar-refractivity contribution is -0.0641. The molecule has 2 atom stereocenters. The van der Waals surface area contributed by atoms with Crippen molar-refractivity contribution < 1.29 is 13.9 Å². The summed E-state index contributed by atoms with van der Waals surface area (Å²) in [5.41, 5.74) is -0.461. The highest BCUT2D eigenvalue weighted by molar-refractivity contribution is 5.27. The molecule has 1 saturated heterocycles. The second-order valence-corrected chi connectivity index (χ2v) is 6.64. The molecular formula is C18H22F2N4O. The minimum Gasteiger partial charge on any atom is -0.381 e. The predicted octanol–water partition coefficient (Wildman–Crippen LogP) is 2.48. The number of rotatable bonds is 5. The van der Waals surface area contributed by atoms with E-state index in [2.05, 4.69) is 21.6 Å². The van der Waals surface area contributed by atoms with Crippen LogP contribution in [-0.2, 0) is 12.1 Å². The van der Waals surface area contributed by atoms with Gasteiger partial charge in [0.15, 0.2) is 0 Å². The normalized spacial score (nSPS) is 19.6. The molecule has 7 heteroatoms. The number of piperidine rings is 1. The molecule has 0 radical (unpaired) electrons. The molecule has 25 heavy (non-hydrogen) atoms. The minimum atomic E-state index is -1.59. The average molecular weight is 348 g/mol. The summed E-state index contributed by atoms with van der Waals surface area (Å²) in [7, 11) is 0. The molecule has 2 aromatic rings. The highest BCUT2D eigenvalue weighted by Crippen LogP contribution is 2.34. The molecule has 0 bridgehead atoms. The molecule has 1 fully saturated rings. The Kier molecular flexibility index (Phi) is 4.96. The van der Waals surface area contributed by atoms with E-state index in [0.717, 1.165) is 37.1 Å². The van der Waals surface area contributed by atoms with Crippen molar-refractivity contribution in [3.8, 4) is 0 Å². The Morgan fingerprint density at radius 1 is 1.40 bits per heavy atom. The Labute approximate surface area is 145 Å². The molecule has 3 rings (SSSR count). The van der Waals surface area contributed by atoms with Crippen LogP contribution in [0.25, 0.3) is 0 Å². The maximum atomic E-state index is 14.5. The lowest BCUT2D eigenvalue weighted by atomic mass is 9.84. The van der Waals surface area contributed by atoms with Crippen molar-refractivity contribution in [1.29, 1.82) is 0 Å². The summed E-state index contributed by atoms with van der Waals surface area (Å²) in [6.07, 6.45) is 4.72. The van der Waals surface area contributed by atoms with Crippen LogP contribution in [0.3, 0.4) is 0 Å². The van der Waals surface area contributed by atoms with E-state index in [9.17, 15) is 13.9 Å². The van der Waals surface area contributed by atoms with Gasteiger partial charge in [-0.1, -0.05) is 18.2 Å². The van der Waals surface area contributed by atoms with Crippen LogP contribution >= 0.6 is 0 Å². The predicted molar refractivity (Wildman–Crippen MR) is 89.7 cm³/mol. The first-order valence-electron chi connectivity index (χ1n) is 8.31. The monoisotopic (exact) mass is 348 g/mol. The van der Waals surface area contributed by atoms with E-state index in [-0.39, 0.29) is 12.1 Å². The Bertz CT molecular complexity index is 750. The van der Waals surface area contributed by atoms with E-state index in [1.165, 1.54) is 23.4 Å². The summed E-state index contributed by atoms with van der Waals surface area (Å²) in [6.45, 7) is 7.31. The van der Waals surface area contributed by atoms with Gasteiger partial charge < -0.3 is 5.11 Å². The van der Waals surface area contributed by atoms with Crippen LogP contribution < -0.4 is 0 Å². The zero-order valence-corrected chi connectivity index (χ0v) is 14.2. The molecule has 1 aromatic carbocycles. The van der Waals surface area contributed by atoms with E-state index < -0.39 is 23.3 Å². The fourth-order valence-electron chi connectivity index (χ4n) is 3.45. The van der Waals surface area contributed by atoms with E-state index in [1.807, 2.05) is 6.92 Å². The van der Waals surface area contributed by atoms with Crippen LogP contribution in [0.15, 0.2) is 43.0 Å². The molecule has 1 aromatic heterocycles. The number of aromatic nitrogens is 3. The second-order valence-electron chi connectivity index (χ2n) is 6.64. The molecule has 5 nitrogen and oxygen atoms in total. The first-order chi connectivity index (χ1) is 11.9. The van der Waals surface area contributed by atoms with E-state index in [4.69, 9.17) is 0 Å². The second kappa shape index (κ2) is 7.01. The van der Waals surface area contributed by atoms with Crippen molar-refractivity contribution in [2.45, 2.75) is 38.0 Å². The van der Waals surface area contributed by atoms with Gasteiger partial charge >= 0.3 is 0 Å². The SMILES string of the molecule is C=C1CCCN([C@H](C)[C@](O)(Cn2cncn2)c2ccc(F)cc2F)C1. The third kappa shape index (κ3) is 3.62. The first kappa shape index (κ1) is 17.7. The fraction of sp³-hybridized carbons (Fsp3) is 0.444. The van der Waals surface area contributed by atoms with Crippen LogP contribution in [0.5, 0.6) is 0 Å². The third-order valence-corrected chi connectivity index (χ3v) is 4.91. The lowest BCUT2D eigenvalue weighted by Crippen LogP contribution is -2.53. The molecule has 0 saturated carbocycles. The number of halogens is 2. The summed E-state index contributed by atoms with van der Waals surface area (Å²) in [6, 6.07) is 2.83. The van der Waals surface area contributed by atoms with Gasteiger partial charge in [-0.25, -0.2) is 18.4 Å². The molecule has 0 spiro atoms. The van der Waals surface area contributed by atoms with Crippen molar-refractivity contribution in [3.05, 3.63) is 60.2 Å². The molecular weight excluding hydrogens is 326 g/mol. The van der Waals surface area contributed by atoms with Crippen molar-refractivity contribution in [2.75, 3.05) is 13.1 Å². The molecule has 134 valence electrons. The number of hydrogen-bond acceptors (Lipinski definition) is 4. The van der Waals surface area contributed by atoms with E-state index >= 15 is 0 Å². The Hall–Kier alpha value is -2.12. The van der Waals surface area contributed by atoms with Crippen molar-refractivity contribution in [2.24, 2.45) is 0 Å². The molecule has 0 unspecified atom stereocenters. The summed E-state index contributed by atoms with van der Waals surface area (Å²) < 4.78 is 29.3. The Morgan fingerprint density at radius 2 is 2.20 bits per heavy atom. The summed E-state index contributed by atoms with van der Waals surface area (Å²) in [5, 5.41) is 15.5. The highest BCUT2D eigenvalue weighted by atomic mass is 19.1. The van der Waals surface area contributed by atoms with Gasteiger partial charge in [0.05, 0.1) is 6.54 Å². The largest absolute Gasteiger partial charge is 0.381 e. The smallest absolute Gasteiger partial charge is 0.137 e.